The van der Waals surface area contributed by atoms with E-state index in [4.69, 9.17) is 11.6 Å². The average Bonchev–Trinajstić information content (AvgIpc) is 2.06. The first kappa shape index (κ1) is 9.23. The molecule has 0 bridgehead atoms. The van der Waals surface area contributed by atoms with Crippen molar-refractivity contribution in [3.63, 3.8) is 0 Å². The van der Waals surface area contributed by atoms with Gasteiger partial charge in [0.15, 0.2) is 0 Å². The van der Waals surface area contributed by atoms with E-state index in [-0.39, 0.29) is 0 Å². The van der Waals surface area contributed by atoms with Crippen molar-refractivity contribution in [2.75, 3.05) is 0 Å². The monoisotopic (exact) mass is 183 g/mol. The molecule has 0 aliphatic rings. The molecule has 0 saturated heterocycles. The highest BCUT2D eigenvalue weighted by atomic mass is 35.5. The number of aliphatic hydroxyl groups is 1. The van der Waals surface area contributed by atoms with Gasteiger partial charge >= 0.3 is 0 Å². The van der Waals surface area contributed by atoms with Gasteiger partial charge in [-0.3, -0.25) is 0 Å². The molecule has 2 nitrogen and oxygen atoms in total. The van der Waals surface area contributed by atoms with Gasteiger partial charge < -0.3 is 5.11 Å². The van der Waals surface area contributed by atoms with E-state index in [1.165, 1.54) is 0 Å². The molecule has 0 amide bonds. The van der Waals surface area contributed by atoms with Crippen molar-refractivity contribution in [2.45, 2.75) is 12.5 Å². The molecular weight excluding hydrogens is 174 g/mol. The number of nitrogens with zero attached hydrogens (tertiary/aromatic N) is 1. The van der Waals surface area contributed by atoms with Crippen LogP contribution in [0.2, 0.25) is 5.15 Å². The number of halogens is 1. The maximum Gasteiger partial charge on any atom is 0.129 e. The number of hydrogen-bond donors (Lipinski definition) is 1. The molecule has 0 radical (unpaired) electrons. The van der Waals surface area contributed by atoms with E-state index in [9.17, 15) is 5.11 Å². The minimum atomic E-state index is -0.521. The third kappa shape index (κ3) is 2.32. The van der Waals surface area contributed by atoms with Crippen LogP contribution >= 0.6 is 11.6 Å². The second kappa shape index (κ2) is 4.24. The van der Waals surface area contributed by atoms with Crippen LogP contribution in [0.15, 0.2) is 31.0 Å². The minimum absolute atomic E-state index is 0.435. The van der Waals surface area contributed by atoms with Gasteiger partial charge in [0, 0.05) is 6.20 Å². The Morgan fingerprint density at radius 3 is 2.92 bits per heavy atom. The Morgan fingerprint density at radius 2 is 2.42 bits per heavy atom. The lowest BCUT2D eigenvalue weighted by Gasteiger charge is -2.06. The van der Waals surface area contributed by atoms with Crippen LogP contribution < -0.4 is 0 Å². The molecule has 1 aromatic heterocycles. The lowest BCUT2D eigenvalue weighted by molar-refractivity contribution is 0.181. The second-order valence-electron chi connectivity index (χ2n) is 2.45. The molecule has 1 aromatic rings. The lowest BCUT2D eigenvalue weighted by atomic mass is 10.1. The predicted molar refractivity (Wildman–Crippen MR) is 49.0 cm³/mol. The van der Waals surface area contributed by atoms with E-state index in [0.29, 0.717) is 11.6 Å². The van der Waals surface area contributed by atoms with Crippen molar-refractivity contribution in [2.24, 2.45) is 0 Å². The van der Waals surface area contributed by atoms with Gasteiger partial charge in [-0.15, -0.1) is 6.58 Å². The molecule has 64 valence electrons. The first-order valence-corrected chi connectivity index (χ1v) is 4.02. The fraction of sp³-hybridized carbons (Fsp3) is 0.222. The van der Waals surface area contributed by atoms with Crippen molar-refractivity contribution in [3.8, 4) is 0 Å². The average molecular weight is 184 g/mol. The Bertz CT molecular complexity index is 258. The number of rotatable bonds is 3. The number of aromatic nitrogens is 1. The topological polar surface area (TPSA) is 33.1 Å². The quantitative estimate of drug-likeness (QED) is 0.577. The second-order valence-corrected chi connectivity index (χ2v) is 2.84. The maximum absolute atomic E-state index is 9.46. The number of pyridine rings is 1. The van der Waals surface area contributed by atoms with Gasteiger partial charge in [-0.2, -0.15) is 0 Å². The molecule has 1 N–H and O–H groups in total. The van der Waals surface area contributed by atoms with E-state index in [1.54, 1.807) is 24.4 Å². The van der Waals surface area contributed by atoms with Crippen LogP contribution in [0.5, 0.6) is 0 Å². The normalized spacial score (nSPS) is 12.5. The Morgan fingerprint density at radius 1 is 1.67 bits per heavy atom. The summed E-state index contributed by atoms with van der Waals surface area (Å²) < 4.78 is 0. The van der Waals surface area contributed by atoms with Crippen molar-refractivity contribution in [3.05, 3.63) is 41.7 Å². The molecular formula is C9H10ClNO. The zero-order valence-electron chi connectivity index (χ0n) is 6.57. The first-order chi connectivity index (χ1) is 5.74. The van der Waals surface area contributed by atoms with Gasteiger partial charge in [0.2, 0.25) is 0 Å². The van der Waals surface area contributed by atoms with Gasteiger partial charge in [0.25, 0.3) is 0 Å². The highest BCUT2D eigenvalue weighted by Gasteiger charge is 2.04. The standard InChI is InChI=1S/C9H10ClNO/c1-2-3-8(12)7-4-5-9(10)11-6-7/h2,4-6,8,12H,1,3H2. The van der Waals surface area contributed by atoms with Crippen LogP contribution in [0.3, 0.4) is 0 Å². The smallest absolute Gasteiger partial charge is 0.129 e. The molecule has 0 spiro atoms. The van der Waals surface area contributed by atoms with E-state index in [1.807, 2.05) is 0 Å². The number of aliphatic hydroxyl groups excluding tert-OH is 1. The summed E-state index contributed by atoms with van der Waals surface area (Å²) >= 11 is 5.58. The zero-order valence-corrected chi connectivity index (χ0v) is 7.33. The summed E-state index contributed by atoms with van der Waals surface area (Å²) in [6.45, 7) is 3.54. The third-order valence-corrected chi connectivity index (χ3v) is 1.75. The van der Waals surface area contributed by atoms with Crippen LogP contribution in [0.4, 0.5) is 0 Å². The Balaban J connectivity index is 2.74. The predicted octanol–water partition coefficient (Wildman–Crippen LogP) is 2.34. The molecule has 1 rings (SSSR count). The van der Waals surface area contributed by atoms with E-state index in [2.05, 4.69) is 11.6 Å². The summed E-state index contributed by atoms with van der Waals surface area (Å²) in [7, 11) is 0. The fourth-order valence-corrected chi connectivity index (χ4v) is 0.990. The molecule has 0 aliphatic heterocycles. The number of hydrogen-bond acceptors (Lipinski definition) is 2. The lowest BCUT2D eigenvalue weighted by Crippen LogP contribution is -1.95. The molecule has 12 heavy (non-hydrogen) atoms. The molecule has 3 heteroatoms. The highest BCUT2D eigenvalue weighted by Crippen LogP contribution is 2.16. The summed E-state index contributed by atoms with van der Waals surface area (Å²) in [5.74, 6) is 0. The van der Waals surface area contributed by atoms with Crippen molar-refractivity contribution < 1.29 is 5.11 Å². The molecule has 0 aliphatic carbocycles. The van der Waals surface area contributed by atoms with Gasteiger partial charge in [-0.1, -0.05) is 23.7 Å². The van der Waals surface area contributed by atoms with Crippen LogP contribution in [0.25, 0.3) is 0 Å². The minimum Gasteiger partial charge on any atom is -0.388 e. The van der Waals surface area contributed by atoms with Gasteiger partial charge in [-0.05, 0) is 18.1 Å². The summed E-state index contributed by atoms with van der Waals surface area (Å²) in [5.41, 5.74) is 0.763. The van der Waals surface area contributed by atoms with E-state index >= 15 is 0 Å². The van der Waals surface area contributed by atoms with Crippen molar-refractivity contribution in [1.29, 1.82) is 0 Å². The maximum atomic E-state index is 9.46. The first-order valence-electron chi connectivity index (χ1n) is 3.64. The van der Waals surface area contributed by atoms with E-state index in [0.717, 1.165) is 5.56 Å². The molecule has 1 heterocycles. The SMILES string of the molecule is C=CCC(O)c1ccc(Cl)nc1. The summed E-state index contributed by atoms with van der Waals surface area (Å²) in [6, 6.07) is 3.41. The highest BCUT2D eigenvalue weighted by molar-refractivity contribution is 6.29. The Labute approximate surface area is 76.5 Å². The van der Waals surface area contributed by atoms with Gasteiger partial charge in [0.1, 0.15) is 5.15 Å². The molecule has 0 aromatic carbocycles. The van der Waals surface area contributed by atoms with Crippen LogP contribution in [0.1, 0.15) is 18.1 Å². The Hall–Kier alpha value is -0.860. The van der Waals surface area contributed by atoms with Crippen molar-refractivity contribution in [1.82, 2.24) is 4.98 Å². The van der Waals surface area contributed by atoms with Crippen LogP contribution in [-0.2, 0) is 0 Å². The third-order valence-electron chi connectivity index (χ3n) is 1.52. The Kier molecular flexibility index (Phi) is 3.26. The molecule has 1 unspecified atom stereocenters. The van der Waals surface area contributed by atoms with Crippen molar-refractivity contribution >= 4 is 11.6 Å². The molecule has 0 fully saturated rings. The van der Waals surface area contributed by atoms with Gasteiger partial charge in [-0.25, -0.2) is 4.98 Å². The summed E-state index contributed by atoms with van der Waals surface area (Å²) in [4.78, 5) is 3.85. The van der Waals surface area contributed by atoms with Crippen LogP contribution in [0, 0.1) is 0 Å². The largest absolute Gasteiger partial charge is 0.388 e. The summed E-state index contributed by atoms with van der Waals surface area (Å²) in [5, 5.41) is 9.89. The van der Waals surface area contributed by atoms with Gasteiger partial charge in [0.05, 0.1) is 6.10 Å². The summed E-state index contributed by atoms with van der Waals surface area (Å²) in [6.07, 6.45) is 3.24. The van der Waals surface area contributed by atoms with E-state index < -0.39 is 6.10 Å². The fourth-order valence-electron chi connectivity index (χ4n) is 0.878. The molecule has 1 atom stereocenters. The molecule has 0 saturated carbocycles. The zero-order chi connectivity index (χ0) is 8.97. The van der Waals surface area contributed by atoms with Crippen LogP contribution in [-0.4, -0.2) is 10.1 Å².